The molecule has 2 aromatic rings. The van der Waals surface area contributed by atoms with Crippen molar-refractivity contribution in [1.29, 1.82) is 5.26 Å². The number of nitrogens with zero attached hydrogens (tertiary/aromatic N) is 1. The second kappa shape index (κ2) is 4.71. The molecule has 3 heteroatoms. The Kier molecular flexibility index (Phi) is 3.11. The van der Waals surface area contributed by atoms with Crippen molar-refractivity contribution in [2.75, 3.05) is 6.61 Å². The van der Waals surface area contributed by atoms with Crippen LogP contribution in [0.4, 0.5) is 0 Å². The Bertz CT molecular complexity index is 522. The third-order valence-electron chi connectivity index (χ3n) is 2.48. The highest BCUT2D eigenvalue weighted by atomic mass is 16.5. The molecule has 1 aromatic carbocycles. The molecular formula is C13H14N2O. The van der Waals surface area contributed by atoms with Crippen molar-refractivity contribution in [1.82, 2.24) is 4.98 Å². The van der Waals surface area contributed by atoms with Gasteiger partial charge in [-0.05, 0) is 24.1 Å². The van der Waals surface area contributed by atoms with Gasteiger partial charge in [0.15, 0.2) is 0 Å². The largest absolute Gasteiger partial charge is 0.493 e. The van der Waals surface area contributed by atoms with Gasteiger partial charge in [0, 0.05) is 17.1 Å². The van der Waals surface area contributed by atoms with Crippen LogP contribution in [0.3, 0.4) is 0 Å². The van der Waals surface area contributed by atoms with Crippen LogP contribution in [0.1, 0.15) is 18.9 Å². The van der Waals surface area contributed by atoms with Crippen molar-refractivity contribution in [2.45, 2.75) is 19.8 Å². The van der Waals surface area contributed by atoms with Crippen LogP contribution >= 0.6 is 0 Å². The van der Waals surface area contributed by atoms with Gasteiger partial charge in [0.05, 0.1) is 19.1 Å². The molecule has 0 radical (unpaired) electrons. The first-order chi connectivity index (χ1) is 7.86. The summed E-state index contributed by atoms with van der Waals surface area (Å²) in [6.07, 6.45) is 3.27. The van der Waals surface area contributed by atoms with E-state index < -0.39 is 0 Å². The maximum Gasteiger partial charge on any atom is 0.128 e. The standard InChI is InChI=1S/C13H14N2O/c1-2-8-16-12-5-3-4-11-13(12)10(6-7-14)9-15-11/h3-5,9,15H,2,6,8H2,1H3. The van der Waals surface area contributed by atoms with Crippen molar-refractivity contribution >= 4 is 10.9 Å². The molecule has 16 heavy (non-hydrogen) atoms. The smallest absolute Gasteiger partial charge is 0.128 e. The van der Waals surface area contributed by atoms with E-state index in [1.54, 1.807) is 0 Å². The molecule has 0 unspecified atom stereocenters. The fraction of sp³-hybridized carbons (Fsp3) is 0.308. The molecular weight excluding hydrogens is 200 g/mol. The van der Waals surface area contributed by atoms with Crippen LogP contribution < -0.4 is 4.74 Å². The topological polar surface area (TPSA) is 48.8 Å². The summed E-state index contributed by atoms with van der Waals surface area (Å²) in [6, 6.07) is 8.07. The lowest BCUT2D eigenvalue weighted by atomic mass is 10.1. The normalized spacial score (nSPS) is 10.2. The first-order valence-corrected chi connectivity index (χ1v) is 5.45. The zero-order chi connectivity index (χ0) is 11.4. The molecule has 0 aliphatic rings. The second-order valence-corrected chi connectivity index (χ2v) is 3.68. The van der Waals surface area contributed by atoms with Gasteiger partial charge in [-0.2, -0.15) is 5.26 Å². The molecule has 82 valence electrons. The third kappa shape index (κ3) is 1.87. The summed E-state index contributed by atoms with van der Waals surface area (Å²) in [5.74, 6) is 0.867. The number of nitrogens with one attached hydrogen (secondary N) is 1. The van der Waals surface area contributed by atoms with E-state index in [2.05, 4.69) is 18.0 Å². The van der Waals surface area contributed by atoms with Gasteiger partial charge >= 0.3 is 0 Å². The van der Waals surface area contributed by atoms with Crippen molar-refractivity contribution < 1.29 is 4.74 Å². The first-order valence-electron chi connectivity index (χ1n) is 5.45. The lowest BCUT2D eigenvalue weighted by Gasteiger charge is -2.06. The van der Waals surface area contributed by atoms with Crippen LogP contribution in [0.2, 0.25) is 0 Å². The molecule has 2 rings (SSSR count). The molecule has 0 atom stereocenters. The summed E-state index contributed by atoms with van der Waals surface area (Å²) in [5.41, 5.74) is 2.03. The molecule has 0 saturated heterocycles. The summed E-state index contributed by atoms with van der Waals surface area (Å²) < 4.78 is 5.68. The van der Waals surface area contributed by atoms with E-state index in [9.17, 15) is 0 Å². The van der Waals surface area contributed by atoms with Crippen molar-refractivity contribution in [3.05, 3.63) is 30.0 Å². The summed E-state index contributed by atoms with van der Waals surface area (Å²) in [7, 11) is 0. The molecule has 0 spiro atoms. The Balaban J connectivity index is 2.46. The van der Waals surface area contributed by atoms with E-state index >= 15 is 0 Å². The Labute approximate surface area is 94.7 Å². The molecule has 0 aliphatic carbocycles. The van der Waals surface area contributed by atoms with Crippen LogP contribution in [0.5, 0.6) is 5.75 Å². The number of aromatic nitrogens is 1. The molecule has 1 heterocycles. The number of hydrogen-bond donors (Lipinski definition) is 1. The quantitative estimate of drug-likeness (QED) is 0.850. The maximum absolute atomic E-state index is 8.76. The van der Waals surface area contributed by atoms with E-state index in [4.69, 9.17) is 10.00 Å². The minimum Gasteiger partial charge on any atom is -0.493 e. The summed E-state index contributed by atoms with van der Waals surface area (Å²) >= 11 is 0. The summed E-state index contributed by atoms with van der Waals surface area (Å²) in [5, 5.41) is 9.80. The van der Waals surface area contributed by atoms with Gasteiger partial charge in [0.2, 0.25) is 0 Å². The molecule has 0 aliphatic heterocycles. The monoisotopic (exact) mass is 214 g/mol. The highest BCUT2D eigenvalue weighted by Gasteiger charge is 2.08. The first kappa shape index (κ1) is 10.6. The number of aromatic amines is 1. The molecule has 0 amide bonds. The predicted molar refractivity (Wildman–Crippen MR) is 63.4 cm³/mol. The lowest BCUT2D eigenvalue weighted by Crippen LogP contribution is -1.95. The van der Waals surface area contributed by atoms with Crippen molar-refractivity contribution in [2.24, 2.45) is 0 Å². The molecule has 0 fully saturated rings. The zero-order valence-corrected chi connectivity index (χ0v) is 9.29. The minimum absolute atomic E-state index is 0.409. The third-order valence-corrected chi connectivity index (χ3v) is 2.48. The van der Waals surface area contributed by atoms with Crippen molar-refractivity contribution in [3.63, 3.8) is 0 Å². The van der Waals surface area contributed by atoms with Gasteiger partial charge in [-0.25, -0.2) is 0 Å². The highest BCUT2D eigenvalue weighted by Crippen LogP contribution is 2.29. The summed E-state index contributed by atoms with van der Waals surface area (Å²) in [6.45, 7) is 2.78. The number of rotatable bonds is 4. The second-order valence-electron chi connectivity index (χ2n) is 3.68. The van der Waals surface area contributed by atoms with Gasteiger partial charge in [-0.1, -0.05) is 13.0 Å². The Morgan fingerprint density at radius 1 is 1.44 bits per heavy atom. The number of H-pyrrole nitrogens is 1. The average Bonchev–Trinajstić information content (AvgIpc) is 2.71. The van der Waals surface area contributed by atoms with Gasteiger partial charge in [0.1, 0.15) is 5.75 Å². The fourth-order valence-electron chi connectivity index (χ4n) is 1.78. The Morgan fingerprint density at radius 3 is 3.06 bits per heavy atom. The molecule has 0 saturated carbocycles. The number of fused-ring (bicyclic) bond motifs is 1. The van der Waals surface area contributed by atoms with Gasteiger partial charge in [0.25, 0.3) is 0 Å². The van der Waals surface area contributed by atoms with Crippen LogP contribution in [0, 0.1) is 11.3 Å². The minimum atomic E-state index is 0.409. The predicted octanol–water partition coefficient (Wildman–Crippen LogP) is 3.02. The molecule has 0 bridgehead atoms. The summed E-state index contributed by atoms with van der Waals surface area (Å²) in [4.78, 5) is 3.16. The number of nitriles is 1. The van der Waals surface area contributed by atoms with Crippen LogP contribution in [0.25, 0.3) is 10.9 Å². The van der Waals surface area contributed by atoms with E-state index in [1.807, 2.05) is 24.4 Å². The van der Waals surface area contributed by atoms with E-state index in [1.165, 1.54) is 0 Å². The number of ether oxygens (including phenoxy) is 1. The SMILES string of the molecule is CCCOc1cccc2[nH]cc(CC#N)c12. The molecule has 1 aromatic heterocycles. The van der Waals surface area contributed by atoms with E-state index in [0.717, 1.165) is 28.6 Å². The van der Waals surface area contributed by atoms with Gasteiger partial charge in [-0.15, -0.1) is 0 Å². The lowest BCUT2D eigenvalue weighted by molar-refractivity contribution is 0.321. The Hall–Kier alpha value is -1.95. The van der Waals surface area contributed by atoms with E-state index in [0.29, 0.717) is 13.0 Å². The van der Waals surface area contributed by atoms with Crippen LogP contribution in [-0.4, -0.2) is 11.6 Å². The van der Waals surface area contributed by atoms with Crippen LogP contribution in [0.15, 0.2) is 24.4 Å². The van der Waals surface area contributed by atoms with E-state index in [-0.39, 0.29) is 0 Å². The Morgan fingerprint density at radius 2 is 2.31 bits per heavy atom. The van der Waals surface area contributed by atoms with Crippen molar-refractivity contribution in [3.8, 4) is 11.8 Å². The molecule has 3 nitrogen and oxygen atoms in total. The van der Waals surface area contributed by atoms with Crippen LogP contribution in [-0.2, 0) is 6.42 Å². The molecule has 1 N–H and O–H groups in total. The highest BCUT2D eigenvalue weighted by molar-refractivity contribution is 5.89. The number of benzene rings is 1. The maximum atomic E-state index is 8.76. The van der Waals surface area contributed by atoms with Gasteiger partial charge in [-0.3, -0.25) is 0 Å². The average molecular weight is 214 g/mol. The fourth-order valence-corrected chi connectivity index (χ4v) is 1.78. The zero-order valence-electron chi connectivity index (χ0n) is 9.29. The van der Waals surface area contributed by atoms with Gasteiger partial charge < -0.3 is 9.72 Å². The number of hydrogen-bond acceptors (Lipinski definition) is 2.